The van der Waals surface area contributed by atoms with Gasteiger partial charge in [0.15, 0.2) is 5.96 Å². The Hall–Kier alpha value is -0.730. The van der Waals surface area contributed by atoms with E-state index < -0.39 is 0 Å². The number of likely N-dealkylation sites (tertiary alicyclic amines) is 1. The summed E-state index contributed by atoms with van der Waals surface area (Å²) in [4.78, 5) is 18.1. The fraction of sp³-hybridized carbons (Fsp3) is 0.556. The van der Waals surface area contributed by atoms with Gasteiger partial charge >= 0.3 is 0 Å². The number of guanidine groups is 1. The minimum Gasteiger partial charge on any atom is -0.356 e. The normalized spacial score (nSPS) is 15.6. The summed E-state index contributed by atoms with van der Waals surface area (Å²) in [5.74, 6) is 1.00. The SMILES string of the molecule is CCC(CCNC(=NC)NCc1ccc(Cl)cc1Cl)N1CCCC1=O.I. The summed E-state index contributed by atoms with van der Waals surface area (Å²) in [6.07, 6.45) is 3.55. The molecule has 146 valence electrons. The monoisotopic (exact) mass is 512 g/mol. The smallest absolute Gasteiger partial charge is 0.222 e. The van der Waals surface area contributed by atoms with Crippen LogP contribution in [-0.2, 0) is 11.3 Å². The van der Waals surface area contributed by atoms with E-state index in [2.05, 4.69) is 22.5 Å². The molecule has 1 aromatic carbocycles. The number of aliphatic imine (C=N–C) groups is 1. The Morgan fingerprint density at radius 3 is 2.69 bits per heavy atom. The Morgan fingerprint density at radius 2 is 2.12 bits per heavy atom. The number of hydrogen-bond donors (Lipinski definition) is 2. The molecule has 0 aliphatic carbocycles. The first-order chi connectivity index (χ1) is 12.0. The number of amides is 1. The summed E-state index contributed by atoms with van der Waals surface area (Å²) in [7, 11) is 1.74. The highest BCUT2D eigenvalue weighted by atomic mass is 127. The predicted molar refractivity (Wildman–Crippen MR) is 120 cm³/mol. The highest BCUT2D eigenvalue weighted by molar-refractivity contribution is 14.0. The number of rotatable bonds is 7. The van der Waals surface area contributed by atoms with Gasteiger partial charge in [-0.15, -0.1) is 24.0 Å². The molecule has 0 radical (unpaired) electrons. The van der Waals surface area contributed by atoms with Gasteiger partial charge < -0.3 is 15.5 Å². The maximum Gasteiger partial charge on any atom is 0.222 e. The molecule has 0 spiro atoms. The van der Waals surface area contributed by atoms with Crippen molar-refractivity contribution in [2.75, 3.05) is 20.1 Å². The molecule has 1 saturated heterocycles. The highest BCUT2D eigenvalue weighted by Gasteiger charge is 2.26. The van der Waals surface area contributed by atoms with E-state index in [-0.39, 0.29) is 29.9 Å². The molecule has 0 bridgehead atoms. The second-order valence-corrected chi connectivity index (χ2v) is 6.97. The Balaban J connectivity index is 0.00000338. The predicted octanol–water partition coefficient (Wildman–Crippen LogP) is 4.07. The molecule has 1 atom stereocenters. The van der Waals surface area contributed by atoms with Crippen LogP contribution < -0.4 is 10.6 Å². The number of nitrogens with zero attached hydrogens (tertiary/aromatic N) is 2. The Morgan fingerprint density at radius 1 is 1.35 bits per heavy atom. The lowest BCUT2D eigenvalue weighted by atomic mass is 10.1. The van der Waals surface area contributed by atoms with Gasteiger partial charge in [-0.1, -0.05) is 36.2 Å². The molecule has 0 aromatic heterocycles. The van der Waals surface area contributed by atoms with Gasteiger partial charge in [0, 0.05) is 49.2 Å². The van der Waals surface area contributed by atoms with E-state index in [9.17, 15) is 4.79 Å². The van der Waals surface area contributed by atoms with E-state index >= 15 is 0 Å². The third-order valence-electron chi connectivity index (χ3n) is 4.48. The number of hydrogen-bond acceptors (Lipinski definition) is 2. The van der Waals surface area contributed by atoms with Crippen LogP contribution in [0.1, 0.15) is 38.2 Å². The number of benzene rings is 1. The first-order valence-corrected chi connectivity index (χ1v) is 9.48. The van der Waals surface area contributed by atoms with Crippen LogP contribution in [0.15, 0.2) is 23.2 Å². The second-order valence-electron chi connectivity index (χ2n) is 6.13. The summed E-state index contributed by atoms with van der Waals surface area (Å²) in [6, 6.07) is 5.75. The number of halogens is 3. The quantitative estimate of drug-likeness (QED) is 0.329. The lowest BCUT2D eigenvalue weighted by Crippen LogP contribution is -2.41. The Labute approximate surface area is 182 Å². The number of carbonyl (C=O) groups is 1. The molecule has 5 nitrogen and oxygen atoms in total. The fourth-order valence-electron chi connectivity index (χ4n) is 3.06. The van der Waals surface area contributed by atoms with Gasteiger partial charge in [-0.25, -0.2) is 0 Å². The van der Waals surface area contributed by atoms with Crippen molar-refractivity contribution in [3.05, 3.63) is 33.8 Å². The van der Waals surface area contributed by atoms with Gasteiger partial charge in [0.05, 0.1) is 0 Å². The molecule has 8 heteroatoms. The van der Waals surface area contributed by atoms with Crippen molar-refractivity contribution in [2.45, 2.75) is 45.2 Å². The van der Waals surface area contributed by atoms with Gasteiger partial charge in [-0.05, 0) is 37.0 Å². The van der Waals surface area contributed by atoms with Gasteiger partial charge in [0.1, 0.15) is 0 Å². The zero-order valence-electron chi connectivity index (χ0n) is 15.2. The van der Waals surface area contributed by atoms with Crippen LogP contribution in [-0.4, -0.2) is 42.9 Å². The Kier molecular flexibility index (Phi) is 10.6. The first-order valence-electron chi connectivity index (χ1n) is 8.73. The molecule has 2 N–H and O–H groups in total. The van der Waals surface area contributed by atoms with Crippen molar-refractivity contribution < 1.29 is 4.79 Å². The summed E-state index contributed by atoms with van der Waals surface area (Å²) in [5.41, 5.74) is 0.961. The van der Waals surface area contributed by atoms with Crippen LogP contribution in [0, 0.1) is 0 Å². The van der Waals surface area contributed by atoms with E-state index in [0.717, 1.165) is 37.9 Å². The van der Waals surface area contributed by atoms with Crippen LogP contribution in [0.2, 0.25) is 10.0 Å². The summed E-state index contributed by atoms with van der Waals surface area (Å²) >= 11 is 12.1. The van der Waals surface area contributed by atoms with E-state index in [1.54, 1.807) is 13.1 Å². The molecule has 1 fully saturated rings. The van der Waals surface area contributed by atoms with Gasteiger partial charge in [-0.3, -0.25) is 9.79 Å². The molecular formula is C18H27Cl2IN4O. The molecule has 1 aliphatic heterocycles. The standard InChI is InChI=1S/C18H26Cl2N4O.HI/c1-3-15(24-10-4-5-17(24)25)8-9-22-18(21-2)23-12-13-6-7-14(19)11-16(13)20;/h6-7,11,15H,3-5,8-10,12H2,1-2H3,(H2,21,22,23);1H. The van der Waals surface area contributed by atoms with Crippen molar-refractivity contribution in [2.24, 2.45) is 4.99 Å². The molecule has 1 amide bonds. The Bertz CT molecular complexity index is 627. The van der Waals surface area contributed by atoms with Crippen LogP contribution >= 0.6 is 47.2 Å². The third kappa shape index (κ3) is 6.78. The zero-order chi connectivity index (χ0) is 18.2. The lowest BCUT2D eigenvalue weighted by Gasteiger charge is -2.27. The van der Waals surface area contributed by atoms with E-state index in [1.807, 2.05) is 17.0 Å². The average molecular weight is 513 g/mol. The van der Waals surface area contributed by atoms with E-state index in [4.69, 9.17) is 23.2 Å². The maximum absolute atomic E-state index is 11.9. The van der Waals surface area contributed by atoms with Gasteiger partial charge in [0.2, 0.25) is 5.91 Å². The number of nitrogens with one attached hydrogen (secondary N) is 2. The van der Waals surface area contributed by atoms with Crippen LogP contribution in [0.5, 0.6) is 0 Å². The minimum absolute atomic E-state index is 0. The van der Waals surface area contributed by atoms with Crippen LogP contribution in [0.25, 0.3) is 0 Å². The first kappa shape index (κ1) is 23.3. The molecule has 0 saturated carbocycles. The highest BCUT2D eigenvalue weighted by Crippen LogP contribution is 2.20. The topological polar surface area (TPSA) is 56.7 Å². The molecule has 1 aromatic rings. The fourth-order valence-corrected chi connectivity index (χ4v) is 3.53. The summed E-state index contributed by atoms with van der Waals surface area (Å²) in [5, 5.41) is 7.81. The summed E-state index contributed by atoms with van der Waals surface area (Å²) < 4.78 is 0. The van der Waals surface area contributed by atoms with Crippen molar-refractivity contribution in [1.82, 2.24) is 15.5 Å². The maximum atomic E-state index is 11.9. The van der Waals surface area contributed by atoms with Crippen LogP contribution in [0.3, 0.4) is 0 Å². The third-order valence-corrected chi connectivity index (χ3v) is 5.06. The van der Waals surface area contributed by atoms with E-state index in [0.29, 0.717) is 35.0 Å². The van der Waals surface area contributed by atoms with Crippen LogP contribution in [0.4, 0.5) is 0 Å². The average Bonchev–Trinajstić information content (AvgIpc) is 3.01. The van der Waals surface area contributed by atoms with E-state index in [1.165, 1.54) is 0 Å². The largest absolute Gasteiger partial charge is 0.356 e. The van der Waals surface area contributed by atoms with Crippen molar-refractivity contribution in [3.8, 4) is 0 Å². The molecule has 2 rings (SSSR count). The second kappa shape index (κ2) is 11.9. The summed E-state index contributed by atoms with van der Waals surface area (Å²) in [6.45, 7) is 4.35. The zero-order valence-corrected chi connectivity index (χ0v) is 19.1. The molecule has 1 aliphatic rings. The van der Waals surface area contributed by atoms with Crippen molar-refractivity contribution in [1.29, 1.82) is 0 Å². The van der Waals surface area contributed by atoms with Crippen molar-refractivity contribution in [3.63, 3.8) is 0 Å². The molecule has 1 heterocycles. The molecule has 1 unspecified atom stereocenters. The minimum atomic E-state index is 0. The molecule has 26 heavy (non-hydrogen) atoms. The van der Waals surface area contributed by atoms with Crippen molar-refractivity contribution >= 4 is 59.0 Å². The van der Waals surface area contributed by atoms with Gasteiger partial charge in [0.25, 0.3) is 0 Å². The number of carbonyl (C=O) groups excluding carboxylic acids is 1. The molecular weight excluding hydrogens is 486 g/mol. The lowest BCUT2D eigenvalue weighted by molar-refractivity contribution is -0.129. The van der Waals surface area contributed by atoms with Gasteiger partial charge in [-0.2, -0.15) is 0 Å².